The number of rotatable bonds is 6. The highest BCUT2D eigenvalue weighted by Crippen LogP contribution is 2.28. The molecule has 1 aromatic carbocycles. The molecule has 0 spiro atoms. The Kier molecular flexibility index (Phi) is 8.80. The van der Waals surface area contributed by atoms with Crippen LogP contribution in [-0.2, 0) is 6.42 Å². The maximum atomic E-state index is 5.36. The quantitative estimate of drug-likeness (QED) is 0.598. The lowest BCUT2D eigenvalue weighted by Crippen LogP contribution is -2.07. The summed E-state index contributed by atoms with van der Waals surface area (Å²) in [4.78, 5) is 4.99. The molecule has 0 amide bonds. The van der Waals surface area contributed by atoms with Crippen LogP contribution < -0.4 is 10.7 Å². The van der Waals surface area contributed by atoms with Crippen molar-refractivity contribution in [3.05, 3.63) is 72.4 Å². The Morgan fingerprint density at radius 1 is 1.25 bits per heavy atom. The molecule has 0 saturated carbocycles. The van der Waals surface area contributed by atoms with Gasteiger partial charge in [0.2, 0.25) is 0 Å². The topological polar surface area (TPSA) is 35.2 Å². The molecule has 0 radical (unpaired) electrons. The second kappa shape index (κ2) is 9.82. The van der Waals surface area contributed by atoms with Gasteiger partial charge in [-0.3, -0.25) is 0 Å². The minimum absolute atomic E-state index is 0.660. The zero-order valence-electron chi connectivity index (χ0n) is 12.8. The van der Waals surface area contributed by atoms with Gasteiger partial charge in [-0.25, -0.2) is 0 Å². The van der Waals surface area contributed by atoms with E-state index in [4.69, 9.17) is 10.7 Å². The second-order valence-corrected chi connectivity index (χ2v) is 4.02. The number of benzene rings is 1. The van der Waals surface area contributed by atoms with Crippen LogP contribution in [0.3, 0.4) is 0 Å². The molecule has 0 bridgehead atoms. The Bertz CT molecular complexity index is 498. The normalized spacial score (nSPS) is 10.1. The van der Waals surface area contributed by atoms with Gasteiger partial charge in [0.25, 0.3) is 0 Å². The fraction of sp³-hybridized carbons (Fsp3) is 0.222. The van der Waals surface area contributed by atoms with Crippen LogP contribution in [0.15, 0.2) is 55.7 Å². The highest BCUT2D eigenvalue weighted by Gasteiger charge is 2.10. The Morgan fingerprint density at radius 2 is 1.90 bits per heavy atom. The molecular formula is C18H25NO. The molecule has 0 heterocycles. The molecule has 2 heteroatoms. The lowest BCUT2D eigenvalue weighted by Gasteiger charge is -2.12. The highest BCUT2D eigenvalue weighted by atomic mass is 16.6. The number of allylic oxidation sites excluding steroid dienone is 4. The van der Waals surface area contributed by atoms with Crippen LogP contribution in [0.25, 0.3) is 6.08 Å². The van der Waals surface area contributed by atoms with Crippen molar-refractivity contribution in [2.24, 2.45) is 5.90 Å². The van der Waals surface area contributed by atoms with Crippen LogP contribution in [0.4, 0.5) is 0 Å². The number of aryl methyl sites for hydroxylation is 1. The van der Waals surface area contributed by atoms with Gasteiger partial charge < -0.3 is 4.84 Å². The van der Waals surface area contributed by atoms with Crippen LogP contribution in [0.2, 0.25) is 0 Å². The first-order chi connectivity index (χ1) is 9.65. The first-order valence-electron chi connectivity index (χ1n) is 6.73. The predicted octanol–water partition coefficient (Wildman–Crippen LogP) is 4.76. The van der Waals surface area contributed by atoms with E-state index in [1.165, 1.54) is 0 Å². The third-order valence-corrected chi connectivity index (χ3v) is 2.67. The Balaban J connectivity index is 0.00000172. The maximum absolute atomic E-state index is 5.36. The Morgan fingerprint density at radius 3 is 2.35 bits per heavy atom. The molecule has 0 aliphatic heterocycles. The van der Waals surface area contributed by atoms with Crippen molar-refractivity contribution >= 4 is 6.08 Å². The van der Waals surface area contributed by atoms with Crippen LogP contribution in [0, 0.1) is 6.92 Å². The molecule has 0 atom stereocenters. The molecule has 0 aliphatic carbocycles. The summed E-state index contributed by atoms with van der Waals surface area (Å²) in [5.41, 5.74) is 4.11. The zero-order chi connectivity index (χ0) is 15.5. The van der Waals surface area contributed by atoms with Crippen molar-refractivity contribution < 1.29 is 4.84 Å². The van der Waals surface area contributed by atoms with Gasteiger partial charge in [0.05, 0.1) is 0 Å². The number of hydrogen-bond donors (Lipinski definition) is 1. The largest absolute Gasteiger partial charge is 0.411 e. The average molecular weight is 271 g/mol. The standard InChI is InChI=1S/C16H19NO.C2H6/c1-5-8-13(6-2)11-15-10-12(4)9-14(7-3)16(15)18-17;1-2/h5-10H,1-3,11,17H2,4H3;1-2H3/b13-8+;. The molecule has 0 fully saturated rings. The third-order valence-electron chi connectivity index (χ3n) is 2.67. The van der Waals surface area contributed by atoms with Crippen molar-refractivity contribution in [2.75, 3.05) is 0 Å². The Labute approximate surface area is 122 Å². The van der Waals surface area contributed by atoms with E-state index in [0.29, 0.717) is 12.2 Å². The molecule has 0 aliphatic rings. The molecule has 0 aromatic heterocycles. The zero-order valence-corrected chi connectivity index (χ0v) is 12.8. The van der Waals surface area contributed by atoms with Gasteiger partial charge in [0.1, 0.15) is 0 Å². The molecule has 108 valence electrons. The minimum Gasteiger partial charge on any atom is -0.411 e. The molecule has 0 unspecified atom stereocenters. The molecule has 0 saturated heterocycles. The van der Waals surface area contributed by atoms with Gasteiger partial charge in [-0.15, -0.1) is 0 Å². The SMILES string of the molecule is C=C/C=C(\C=C)Cc1cc(C)cc(C=C)c1ON.CC. The van der Waals surface area contributed by atoms with Crippen molar-refractivity contribution in [1.29, 1.82) is 0 Å². The van der Waals surface area contributed by atoms with E-state index in [1.807, 2.05) is 32.9 Å². The summed E-state index contributed by atoms with van der Waals surface area (Å²) in [5, 5.41) is 0. The van der Waals surface area contributed by atoms with E-state index in [1.54, 1.807) is 18.2 Å². The Hall–Kier alpha value is -2.06. The van der Waals surface area contributed by atoms with Crippen LogP contribution in [0.1, 0.15) is 30.5 Å². The predicted molar refractivity (Wildman–Crippen MR) is 89.6 cm³/mol. The smallest absolute Gasteiger partial charge is 0.157 e. The molecular weight excluding hydrogens is 246 g/mol. The van der Waals surface area contributed by atoms with Crippen LogP contribution in [-0.4, -0.2) is 0 Å². The molecule has 1 rings (SSSR count). The van der Waals surface area contributed by atoms with E-state index >= 15 is 0 Å². The van der Waals surface area contributed by atoms with Crippen LogP contribution in [0.5, 0.6) is 5.75 Å². The maximum Gasteiger partial charge on any atom is 0.157 e. The second-order valence-electron chi connectivity index (χ2n) is 4.02. The molecule has 2 N–H and O–H groups in total. The first-order valence-corrected chi connectivity index (χ1v) is 6.73. The van der Waals surface area contributed by atoms with Gasteiger partial charge >= 0.3 is 0 Å². The monoisotopic (exact) mass is 271 g/mol. The molecule has 1 aromatic rings. The van der Waals surface area contributed by atoms with E-state index in [0.717, 1.165) is 22.3 Å². The van der Waals surface area contributed by atoms with Gasteiger partial charge in [-0.1, -0.05) is 64.0 Å². The van der Waals surface area contributed by atoms with Crippen molar-refractivity contribution in [3.63, 3.8) is 0 Å². The summed E-state index contributed by atoms with van der Waals surface area (Å²) in [5.74, 6) is 6.01. The summed E-state index contributed by atoms with van der Waals surface area (Å²) in [6, 6.07) is 4.04. The molecule has 20 heavy (non-hydrogen) atoms. The fourth-order valence-corrected chi connectivity index (χ4v) is 1.88. The fourth-order valence-electron chi connectivity index (χ4n) is 1.88. The lowest BCUT2D eigenvalue weighted by molar-refractivity contribution is 0.330. The number of hydrogen-bond acceptors (Lipinski definition) is 2. The summed E-state index contributed by atoms with van der Waals surface area (Å²) in [7, 11) is 0. The van der Waals surface area contributed by atoms with Gasteiger partial charge in [0, 0.05) is 17.5 Å². The van der Waals surface area contributed by atoms with Gasteiger partial charge in [0.15, 0.2) is 5.75 Å². The van der Waals surface area contributed by atoms with Crippen LogP contribution >= 0.6 is 0 Å². The summed E-state index contributed by atoms with van der Waals surface area (Å²) >= 11 is 0. The lowest BCUT2D eigenvalue weighted by atomic mass is 9.98. The number of nitrogens with two attached hydrogens (primary N) is 1. The molecule has 2 nitrogen and oxygen atoms in total. The average Bonchev–Trinajstić information content (AvgIpc) is 2.48. The first kappa shape index (κ1) is 17.9. The summed E-state index contributed by atoms with van der Waals surface area (Å²) < 4.78 is 0. The summed E-state index contributed by atoms with van der Waals surface area (Å²) in [6.07, 6.45) is 7.90. The van der Waals surface area contributed by atoms with Gasteiger partial charge in [-0.05, 0) is 24.1 Å². The minimum atomic E-state index is 0.660. The highest BCUT2D eigenvalue weighted by molar-refractivity contribution is 5.60. The van der Waals surface area contributed by atoms with Gasteiger partial charge in [-0.2, -0.15) is 5.90 Å². The van der Waals surface area contributed by atoms with E-state index in [2.05, 4.69) is 25.8 Å². The third kappa shape index (κ3) is 4.90. The van der Waals surface area contributed by atoms with Crippen molar-refractivity contribution in [3.8, 4) is 5.75 Å². The van der Waals surface area contributed by atoms with Crippen molar-refractivity contribution in [2.45, 2.75) is 27.2 Å². The van der Waals surface area contributed by atoms with E-state index in [9.17, 15) is 0 Å². The summed E-state index contributed by atoms with van der Waals surface area (Å²) in [6.45, 7) is 17.3. The van der Waals surface area contributed by atoms with E-state index in [-0.39, 0.29) is 0 Å². The van der Waals surface area contributed by atoms with E-state index < -0.39 is 0 Å². The van der Waals surface area contributed by atoms with Crippen molar-refractivity contribution in [1.82, 2.24) is 0 Å².